The zero-order valence-electron chi connectivity index (χ0n) is 11.0. The number of ether oxygens (including phenoxy) is 1. The van der Waals surface area contributed by atoms with Gasteiger partial charge in [-0.3, -0.25) is 4.79 Å². The second kappa shape index (κ2) is 8.02. The van der Waals surface area contributed by atoms with Gasteiger partial charge < -0.3 is 15.4 Å². The average molecular weight is 272 g/mol. The maximum atomic E-state index is 11.6. The van der Waals surface area contributed by atoms with Crippen LogP contribution in [-0.4, -0.2) is 49.8 Å². The number of rotatable bonds is 6. The highest BCUT2D eigenvalue weighted by Gasteiger charge is 2.16. The summed E-state index contributed by atoms with van der Waals surface area (Å²) in [7, 11) is 0. The molecule has 0 spiro atoms. The first-order valence-electron chi connectivity index (χ1n) is 7.01. The van der Waals surface area contributed by atoms with E-state index in [1.54, 1.807) is 0 Å². The predicted octanol–water partition coefficient (Wildman–Crippen LogP) is 1.01. The summed E-state index contributed by atoms with van der Waals surface area (Å²) in [6, 6.07) is 0. The Morgan fingerprint density at radius 1 is 1.33 bits per heavy atom. The number of thioether (sulfide) groups is 1. The fraction of sp³-hybridized carbons (Fsp3) is 0.923. The summed E-state index contributed by atoms with van der Waals surface area (Å²) in [5.41, 5.74) is 0. The van der Waals surface area contributed by atoms with Gasteiger partial charge in [-0.2, -0.15) is 11.8 Å². The van der Waals surface area contributed by atoms with Gasteiger partial charge in [0, 0.05) is 13.0 Å². The molecule has 5 heteroatoms. The molecule has 0 bridgehead atoms. The Morgan fingerprint density at radius 2 is 2.17 bits per heavy atom. The van der Waals surface area contributed by atoms with Crippen LogP contribution >= 0.6 is 11.8 Å². The molecule has 2 aliphatic heterocycles. The summed E-state index contributed by atoms with van der Waals surface area (Å²) in [5, 5.41) is 6.32. The van der Waals surface area contributed by atoms with Crippen LogP contribution in [0.5, 0.6) is 0 Å². The van der Waals surface area contributed by atoms with Crippen LogP contribution in [0.15, 0.2) is 0 Å². The largest absolute Gasteiger partial charge is 0.378 e. The number of nitrogens with one attached hydrogen (secondary N) is 2. The molecule has 18 heavy (non-hydrogen) atoms. The first kappa shape index (κ1) is 14.2. The average Bonchev–Trinajstić information content (AvgIpc) is 2.91. The van der Waals surface area contributed by atoms with Crippen molar-refractivity contribution in [2.75, 3.05) is 37.7 Å². The van der Waals surface area contributed by atoms with Gasteiger partial charge >= 0.3 is 0 Å². The molecule has 4 nitrogen and oxygen atoms in total. The SMILES string of the molecule is O=C(CCOC1CCNCC1)NCC1CCSC1. The fourth-order valence-electron chi connectivity index (χ4n) is 2.37. The molecule has 2 saturated heterocycles. The van der Waals surface area contributed by atoms with Crippen molar-refractivity contribution in [3.63, 3.8) is 0 Å². The van der Waals surface area contributed by atoms with Crippen LogP contribution in [0.4, 0.5) is 0 Å². The molecule has 1 atom stereocenters. The number of amides is 1. The lowest BCUT2D eigenvalue weighted by Crippen LogP contribution is -2.34. The fourth-order valence-corrected chi connectivity index (χ4v) is 3.66. The van der Waals surface area contributed by atoms with E-state index in [0.717, 1.165) is 32.5 Å². The molecule has 2 N–H and O–H groups in total. The first-order chi connectivity index (χ1) is 8.84. The number of hydrogen-bond donors (Lipinski definition) is 2. The van der Waals surface area contributed by atoms with E-state index in [1.165, 1.54) is 17.9 Å². The minimum atomic E-state index is 0.140. The van der Waals surface area contributed by atoms with Crippen LogP contribution in [0.1, 0.15) is 25.7 Å². The summed E-state index contributed by atoms with van der Waals surface area (Å²) in [6.45, 7) is 3.49. The van der Waals surface area contributed by atoms with Crippen molar-refractivity contribution in [3.8, 4) is 0 Å². The van der Waals surface area contributed by atoms with Gasteiger partial charge in [0.1, 0.15) is 0 Å². The zero-order chi connectivity index (χ0) is 12.6. The van der Waals surface area contributed by atoms with Crippen LogP contribution < -0.4 is 10.6 Å². The smallest absolute Gasteiger partial charge is 0.222 e. The van der Waals surface area contributed by atoms with Crippen molar-refractivity contribution in [2.45, 2.75) is 31.8 Å². The summed E-state index contributed by atoms with van der Waals surface area (Å²) < 4.78 is 5.72. The number of carbonyl (C=O) groups excluding carboxylic acids is 1. The van der Waals surface area contributed by atoms with Crippen LogP contribution in [0, 0.1) is 5.92 Å². The van der Waals surface area contributed by atoms with Gasteiger partial charge in [-0.25, -0.2) is 0 Å². The van der Waals surface area contributed by atoms with E-state index >= 15 is 0 Å². The molecular formula is C13H24N2O2S. The molecule has 0 radical (unpaired) electrons. The Labute approximate surface area is 114 Å². The molecule has 2 heterocycles. The van der Waals surface area contributed by atoms with Crippen LogP contribution in [0.3, 0.4) is 0 Å². The van der Waals surface area contributed by atoms with E-state index in [4.69, 9.17) is 4.74 Å². The van der Waals surface area contributed by atoms with Crippen LogP contribution in [-0.2, 0) is 9.53 Å². The van der Waals surface area contributed by atoms with E-state index in [-0.39, 0.29) is 5.91 Å². The predicted molar refractivity (Wildman–Crippen MR) is 74.9 cm³/mol. The third-order valence-electron chi connectivity index (χ3n) is 3.58. The minimum absolute atomic E-state index is 0.140. The van der Waals surface area contributed by atoms with Crippen LogP contribution in [0.2, 0.25) is 0 Å². The Kier molecular flexibility index (Phi) is 6.31. The van der Waals surface area contributed by atoms with Gasteiger partial charge in [0.2, 0.25) is 5.91 Å². The minimum Gasteiger partial charge on any atom is -0.378 e. The molecule has 2 rings (SSSR count). The Bertz CT molecular complexity index is 251. The Morgan fingerprint density at radius 3 is 2.89 bits per heavy atom. The highest BCUT2D eigenvalue weighted by molar-refractivity contribution is 7.99. The lowest BCUT2D eigenvalue weighted by atomic mass is 10.1. The summed E-state index contributed by atoms with van der Waals surface area (Å²) in [4.78, 5) is 11.6. The van der Waals surface area contributed by atoms with E-state index in [0.29, 0.717) is 25.0 Å². The van der Waals surface area contributed by atoms with Crippen molar-refractivity contribution in [3.05, 3.63) is 0 Å². The number of piperidine rings is 1. The molecule has 1 unspecified atom stereocenters. The molecule has 104 valence electrons. The summed E-state index contributed by atoms with van der Waals surface area (Å²) >= 11 is 1.99. The second-order valence-electron chi connectivity index (χ2n) is 5.10. The van der Waals surface area contributed by atoms with Gasteiger partial charge in [0.05, 0.1) is 12.7 Å². The van der Waals surface area contributed by atoms with Crippen molar-refractivity contribution in [2.24, 2.45) is 5.92 Å². The summed E-state index contributed by atoms with van der Waals surface area (Å²) in [5.74, 6) is 3.27. The van der Waals surface area contributed by atoms with Crippen molar-refractivity contribution in [1.82, 2.24) is 10.6 Å². The monoisotopic (exact) mass is 272 g/mol. The zero-order valence-corrected chi connectivity index (χ0v) is 11.8. The number of carbonyl (C=O) groups is 1. The van der Waals surface area contributed by atoms with Gasteiger partial charge in [-0.05, 0) is 49.8 Å². The molecule has 2 aliphatic rings. The van der Waals surface area contributed by atoms with Gasteiger partial charge in [-0.1, -0.05) is 0 Å². The molecule has 2 fully saturated rings. The Hall–Kier alpha value is -0.260. The lowest BCUT2D eigenvalue weighted by molar-refractivity contribution is -0.122. The van der Waals surface area contributed by atoms with Crippen molar-refractivity contribution in [1.29, 1.82) is 0 Å². The molecule has 0 aromatic rings. The van der Waals surface area contributed by atoms with Gasteiger partial charge in [0.15, 0.2) is 0 Å². The lowest BCUT2D eigenvalue weighted by Gasteiger charge is -2.22. The topological polar surface area (TPSA) is 50.4 Å². The first-order valence-corrected chi connectivity index (χ1v) is 8.17. The summed E-state index contributed by atoms with van der Waals surface area (Å²) in [6.07, 6.45) is 4.24. The molecule has 1 amide bonds. The third-order valence-corrected chi connectivity index (χ3v) is 4.81. The molecule has 0 saturated carbocycles. The van der Waals surface area contributed by atoms with E-state index < -0.39 is 0 Å². The molecule has 0 aromatic heterocycles. The molecular weight excluding hydrogens is 248 g/mol. The van der Waals surface area contributed by atoms with E-state index in [9.17, 15) is 4.79 Å². The van der Waals surface area contributed by atoms with E-state index in [2.05, 4.69) is 10.6 Å². The maximum Gasteiger partial charge on any atom is 0.222 e. The quantitative estimate of drug-likeness (QED) is 0.758. The van der Waals surface area contributed by atoms with E-state index in [1.807, 2.05) is 11.8 Å². The standard InChI is InChI=1S/C13H24N2O2S/c16-13(15-9-11-4-8-18-10-11)3-7-17-12-1-5-14-6-2-12/h11-12,14H,1-10H2,(H,15,16). The number of hydrogen-bond acceptors (Lipinski definition) is 4. The molecule has 0 aromatic carbocycles. The van der Waals surface area contributed by atoms with Gasteiger partial charge in [-0.15, -0.1) is 0 Å². The van der Waals surface area contributed by atoms with Crippen molar-refractivity contribution < 1.29 is 9.53 Å². The third kappa shape index (κ3) is 5.16. The second-order valence-corrected chi connectivity index (χ2v) is 6.25. The highest BCUT2D eigenvalue weighted by atomic mass is 32.2. The Balaban J connectivity index is 1.48. The molecule has 0 aliphatic carbocycles. The normalized spacial score (nSPS) is 25.2. The van der Waals surface area contributed by atoms with Crippen molar-refractivity contribution >= 4 is 17.7 Å². The van der Waals surface area contributed by atoms with Gasteiger partial charge in [0.25, 0.3) is 0 Å². The van der Waals surface area contributed by atoms with Crippen LogP contribution in [0.25, 0.3) is 0 Å². The maximum absolute atomic E-state index is 11.6. The highest BCUT2D eigenvalue weighted by Crippen LogP contribution is 2.22.